The molecule has 0 bridgehead atoms. The third kappa shape index (κ3) is 3.08. The quantitative estimate of drug-likeness (QED) is 0.847. The summed E-state index contributed by atoms with van der Waals surface area (Å²) in [6.45, 7) is 3.70. The summed E-state index contributed by atoms with van der Waals surface area (Å²) in [7, 11) is 0. The van der Waals surface area contributed by atoms with E-state index in [1.807, 2.05) is 34.1 Å². The Morgan fingerprint density at radius 1 is 1.21 bits per heavy atom. The molecule has 5 nitrogen and oxygen atoms in total. The van der Waals surface area contributed by atoms with E-state index in [0.29, 0.717) is 12.5 Å². The summed E-state index contributed by atoms with van der Waals surface area (Å²) in [6.07, 6.45) is 7.83. The van der Waals surface area contributed by atoms with Crippen LogP contribution in [0.3, 0.4) is 0 Å². The van der Waals surface area contributed by atoms with Crippen LogP contribution in [0.1, 0.15) is 24.8 Å². The Hall–Kier alpha value is -2.14. The second kappa shape index (κ2) is 6.77. The summed E-state index contributed by atoms with van der Waals surface area (Å²) in [5.74, 6) is 0.254. The predicted octanol–water partition coefficient (Wildman–Crippen LogP) is 2.33. The lowest BCUT2D eigenvalue weighted by Crippen LogP contribution is -2.37. The third-order valence-corrected chi connectivity index (χ3v) is 5.26. The summed E-state index contributed by atoms with van der Waals surface area (Å²) in [5.41, 5.74) is 2.40. The predicted molar refractivity (Wildman–Crippen MR) is 93.9 cm³/mol. The summed E-state index contributed by atoms with van der Waals surface area (Å²) in [5, 5.41) is 4.31. The molecule has 1 amide bonds. The van der Waals surface area contributed by atoms with Crippen LogP contribution in [-0.2, 0) is 17.8 Å². The van der Waals surface area contributed by atoms with Gasteiger partial charge in [0.05, 0.1) is 6.54 Å². The Morgan fingerprint density at radius 3 is 3.00 bits per heavy atom. The molecule has 1 aromatic heterocycles. The van der Waals surface area contributed by atoms with Crippen LogP contribution in [-0.4, -0.2) is 46.3 Å². The molecular weight excluding hydrogens is 300 g/mol. The summed E-state index contributed by atoms with van der Waals surface area (Å²) >= 11 is 0. The van der Waals surface area contributed by atoms with Gasteiger partial charge in [-0.2, -0.15) is 5.10 Å². The molecule has 2 aliphatic heterocycles. The molecule has 0 radical (unpaired) electrons. The molecule has 0 saturated carbocycles. The van der Waals surface area contributed by atoms with E-state index in [4.69, 9.17) is 0 Å². The number of para-hydroxylation sites is 1. The molecule has 0 N–H and O–H groups in total. The van der Waals surface area contributed by atoms with E-state index in [1.165, 1.54) is 18.4 Å². The number of fused-ring (bicyclic) bond motifs is 1. The first-order chi connectivity index (χ1) is 11.8. The van der Waals surface area contributed by atoms with Gasteiger partial charge in [-0.3, -0.25) is 14.4 Å². The highest BCUT2D eigenvalue weighted by atomic mass is 16.2. The first-order valence-electron chi connectivity index (χ1n) is 8.91. The average Bonchev–Trinajstić information content (AvgIpc) is 3.34. The van der Waals surface area contributed by atoms with Crippen molar-refractivity contribution in [2.45, 2.75) is 38.3 Å². The Balaban J connectivity index is 1.34. The number of aromatic nitrogens is 2. The molecule has 0 unspecified atom stereocenters. The zero-order valence-corrected chi connectivity index (χ0v) is 14.0. The van der Waals surface area contributed by atoms with Crippen LogP contribution in [0.15, 0.2) is 42.7 Å². The summed E-state index contributed by atoms with van der Waals surface area (Å²) < 4.78 is 2.00. The van der Waals surface area contributed by atoms with Gasteiger partial charge in [-0.1, -0.05) is 18.2 Å². The number of carbonyl (C=O) groups excluding carboxylic acids is 1. The fraction of sp³-hybridized carbons (Fsp3) is 0.474. The van der Waals surface area contributed by atoms with Gasteiger partial charge in [0.25, 0.3) is 0 Å². The standard InChI is InChI=1S/C19H24N4O/c24-19(23-14-8-16-5-1-2-7-18(16)23)9-13-21-11-3-6-17(21)15-22-12-4-10-20-22/h1-2,4-5,7,10,12,17H,3,6,8-9,11,13-15H2/t17-/m1/s1. The van der Waals surface area contributed by atoms with Gasteiger partial charge >= 0.3 is 0 Å². The van der Waals surface area contributed by atoms with Crippen LogP contribution >= 0.6 is 0 Å². The van der Waals surface area contributed by atoms with Gasteiger partial charge in [0, 0.05) is 43.6 Å². The van der Waals surface area contributed by atoms with Gasteiger partial charge in [-0.15, -0.1) is 0 Å². The molecule has 5 heteroatoms. The number of carbonyl (C=O) groups is 1. The van der Waals surface area contributed by atoms with Crippen molar-refractivity contribution in [3.8, 4) is 0 Å². The van der Waals surface area contributed by atoms with Crippen molar-refractivity contribution in [1.29, 1.82) is 0 Å². The Labute approximate surface area is 142 Å². The largest absolute Gasteiger partial charge is 0.312 e. The molecule has 3 heterocycles. The molecule has 4 rings (SSSR count). The van der Waals surface area contributed by atoms with Crippen molar-refractivity contribution >= 4 is 11.6 Å². The molecule has 2 aliphatic rings. The van der Waals surface area contributed by atoms with Crippen LogP contribution < -0.4 is 4.90 Å². The fourth-order valence-corrected chi connectivity index (χ4v) is 3.99. The smallest absolute Gasteiger partial charge is 0.228 e. The lowest BCUT2D eigenvalue weighted by Gasteiger charge is -2.25. The monoisotopic (exact) mass is 324 g/mol. The molecule has 1 aromatic carbocycles. The normalized spacial score (nSPS) is 20.5. The van der Waals surface area contributed by atoms with Crippen LogP contribution in [0, 0.1) is 0 Å². The number of hydrogen-bond donors (Lipinski definition) is 0. The molecule has 24 heavy (non-hydrogen) atoms. The van der Waals surface area contributed by atoms with E-state index >= 15 is 0 Å². The second-order valence-corrected chi connectivity index (χ2v) is 6.73. The Morgan fingerprint density at radius 2 is 2.12 bits per heavy atom. The van der Waals surface area contributed by atoms with E-state index in [9.17, 15) is 4.79 Å². The van der Waals surface area contributed by atoms with Gasteiger partial charge in [-0.25, -0.2) is 0 Å². The first kappa shape index (κ1) is 15.4. The minimum atomic E-state index is 0.254. The maximum absolute atomic E-state index is 12.7. The lowest BCUT2D eigenvalue weighted by atomic mass is 10.2. The summed E-state index contributed by atoms with van der Waals surface area (Å²) in [4.78, 5) is 17.1. The number of anilines is 1. The average molecular weight is 324 g/mol. The van der Waals surface area contributed by atoms with Crippen molar-refractivity contribution in [2.24, 2.45) is 0 Å². The number of benzene rings is 1. The molecular formula is C19H24N4O. The first-order valence-corrected chi connectivity index (χ1v) is 8.91. The molecule has 1 atom stereocenters. The van der Waals surface area contributed by atoms with Crippen molar-refractivity contribution in [3.05, 3.63) is 48.3 Å². The molecule has 126 valence electrons. The number of amides is 1. The van der Waals surface area contributed by atoms with Gasteiger partial charge < -0.3 is 4.90 Å². The summed E-state index contributed by atoms with van der Waals surface area (Å²) in [6, 6.07) is 10.7. The van der Waals surface area contributed by atoms with E-state index in [0.717, 1.165) is 38.3 Å². The van der Waals surface area contributed by atoms with Crippen LogP contribution in [0.5, 0.6) is 0 Å². The molecule has 1 saturated heterocycles. The highest BCUT2D eigenvalue weighted by Crippen LogP contribution is 2.28. The SMILES string of the molecule is O=C(CCN1CCC[C@@H]1Cn1cccn1)N1CCc2ccccc21. The highest BCUT2D eigenvalue weighted by Gasteiger charge is 2.28. The topological polar surface area (TPSA) is 41.4 Å². The van der Waals surface area contributed by atoms with Crippen LogP contribution in [0.25, 0.3) is 0 Å². The Bertz CT molecular complexity index is 697. The molecule has 2 aromatic rings. The van der Waals surface area contributed by atoms with E-state index in [2.05, 4.69) is 28.2 Å². The van der Waals surface area contributed by atoms with E-state index < -0.39 is 0 Å². The molecule has 0 aliphatic carbocycles. The van der Waals surface area contributed by atoms with E-state index in [-0.39, 0.29) is 5.91 Å². The van der Waals surface area contributed by atoms with Crippen LogP contribution in [0.2, 0.25) is 0 Å². The van der Waals surface area contributed by atoms with E-state index in [1.54, 1.807) is 0 Å². The van der Waals surface area contributed by atoms with Gasteiger partial charge in [0.15, 0.2) is 0 Å². The van der Waals surface area contributed by atoms with Crippen LogP contribution in [0.4, 0.5) is 5.69 Å². The zero-order chi connectivity index (χ0) is 16.4. The number of rotatable bonds is 5. The molecule has 1 fully saturated rings. The fourth-order valence-electron chi connectivity index (χ4n) is 3.99. The minimum Gasteiger partial charge on any atom is -0.312 e. The van der Waals surface area contributed by atoms with Gasteiger partial charge in [0.1, 0.15) is 0 Å². The maximum atomic E-state index is 12.7. The van der Waals surface area contributed by atoms with Gasteiger partial charge in [0.2, 0.25) is 5.91 Å². The number of nitrogens with zero attached hydrogens (tertiary/aromatic N) is 4. The third-order valence-electron chi connectivity index (χ3n) is 5.26. The lowest BCUT2D eigenvalue weighted by molar-refractivity contribution is -0.118. The number of likely N-dealkylation sites (tertiary alicyclic amines) is 1. The van der Waals surface area contributed by atoms with Crippen molar-refractivity contribution in [2.75, 3.05) is 24.5 Å². The van der Waals surface area contributed by atoms with Gasteiger partial charge in [-0.05, 0) is 43.5 Å². The highest BCUT2D eigenvalue weighted by molar-refractivity contribution is 5.95. The number of hydrogen-bond acceptors (Lipinski definition) is 3. The minimum absolute atomic E-state index is 0.254. The van der Waals surface area contributed by atoms with Crippen molar-refractivity contribution in [3.63, 3.8) is 0 Å². The van der Waals surface area contributed by atoms with Crippen molar-refractivity contribution < 1.29 is 4.79 Å². The molecule has 0 spiro atoms. The van der Waals surface area contributed by atoms with Crippen molar-refractivity contribution in [1.82, 2.24) is 14.7 Å². The Kier molecular flexibility index (Phi) is 4.34. The maximum Gasteiger partial charge on any atom is 0.228 e. The zero-order valence-electron chi connectivity index (χ0n) is 14.0. The second-order valence-electron chi connectivity index (χ2n) is 6.73.